The Labute approximate surface area is 201 Å². The highest BCUT2D eigenvalue weighted by Crippen LogP contribution is 2.35. The standard InChI is InChI=1S/C24H23IN2O5/c1-5-9-32-23-20(25)11-16(12-22(23)31-6-2)10-18(14-26)24(28)27-15-17-7-8-19(29-3)13-21(17)30-4/h1,7-8,10-13H,6,9,15H2,2-4H3,(H,27,28)/b18-10+. The molecule has 0 bridgehead atoms. The minimum Gasteiger partial charge on any atom is -0.497 e. The molecule has 2 aromatic rings. The summed E-state index contributed by atoms with van der Waals surface area (Å²) in [6.45, 7) is 2.56. The quantitative estimate of drug-likeness (QED) is 0.210. The van der Waals surface area contributed by atoms with Gasteiger partial charge in [0, 0.05) is 18.2 Å². The van der Waals surface area contributed by atoms with Crippen molar-refractivity contribution in [1.29, 1.82) is 5.26 Å². The van der Waals surface area contributed by atoms with E-state index in [1.165, 1.54) is 13.2 Å². The molecule has 0 aliphatic rings. The first-order valence-corrected chi connectivity index (χ1v) is 10.7. The molecule has 0 heterocycles. The molecule has 1 N–H and O–H groups in total. The van der Waals surface area contributed by atoms with Gasteiger partial charge in [0.1, 0.15) is 29.7 Å². The van der Waals surface area contributed by atoms with Gasteiger partial charge in [-0.05, 0) is 65.4 Å². The molecule has 0 unspecified atom stereocenters. The van der Waals surface area contributed by atoms with Crippen LogP contribution in [0.2, 0.25) is 0 Å². The molecular weight excluding hydrogens is 523 g/mol. The molecule has 0 aliphatic heterocycles. The van der Waals surface area contributed by atoms with Crippen LogP contribution in [0, 0.1) is 27.2 Å². The topological polar surface area (TPSA) is 89.8 Å². The third-order valence-electron chi connectivity index (χ3n) is 4.24. The van der Waals surface area contributed by atoms with Crippen LogP contribution in [0.5, 0.6) is 23.0 Å². The molecule has 2 aromatic carbocycles. The van der Waals surface area contributed by atoms with Crippen LogP contribution in [0.4, 0.5) is 0 Å². The molecule has 0 aliphatic carbocycles. The van der Waals surface area contributed by atoms with Crippen LogP contribution >= 0.6 is 22.6 Å². The summed E-state index contributed by atoms with van der Waals surface area (Å²) in [7, 11) is 3.10. The van der Waals surface area contributed by atoms with Crippen molar-refractivity contribution in [1.82, 2.24) is 5.32 Å². The molecule has 8 heteroatoms. The molecular formula is C24H23IN2O5. The summed E-state index contributed by atoms with van der Waals surface area (Å²) >= 11 is 2.09. The maximum Gasteiger partial charge on any atom is 0.262 e. The van der Waals surface area contributed by atoms with Crippen LogP contribution in [0.3, 0.4) is 0 Å². The van der Waals surface area contributed by atoms with Crippen molar-refractivity contribution >= 4 is 34.6 Å². The molecule has 0 saturated heterocycles. The molecule has 7 nitrogen and oxygen atoms in total. The second-order valence-electron chi connectivity index (χ2n) is 6.29. The Bertz CT molecular complexity index is 1080. The van der Waals surface area contributed by atoms with Crippen molar-refractivity contribution in [3.8, 4) is 41.4 Å². The predicted octanol–water partition coefficient (Wildman–Crippen LogP) is 3.94. The summed E-state index contributed by atoms with van der Waals surface area (Å²) in [6, 6.07) is 10.7. The number of nitrogens with one attached hydrogen (secondary N) is 1. The van der Waals surface area contributed by atoms with Crippen molar-refractivity contribution in [2.45, 2.75) is 13.5 Å². The Morgan fingerprint density at radius 2 is 1.97 bits per heavy atom. The average molecular weight is 546 g/mol. The maximum atomic E-state index is 12.6. The number of terminal acetylenes is 1. The second kappa shape index (κ2) is 12.5. The van der Waals surface area contributed by atoms with Gasteiger partial charge < -0.3 is 24.3 Å². The number of amides is 1. The maximum absolute atomic E-state index is 12.6. The number of ether oxygens (including phenoxy) is 4. The van der Waals surface area contributed by atoms with Gasteiger partial charge >= 0.3 is 0 Å². The fraction of sp³-hybridized carbons (Fsp3) is 0.250. The number of hydrogen-bond acceptors (Lipinski definition) is 6. The fourth-order valence-corrected chi connectivity index (χ4v) is 3.55. The number of hydrogen-bond donors (Lipinski definition) is 1. The fourth-order valence-electron chi connectivity index (χ4n) is 2.77. The molecule has 0 atom stereocenters. The van der Waals surface area contributed by atoms with Gasteiger partial charge in [-0.1, -0.05) is 5.92 Å². The molecule has 1 amide bonds. The summed E-state index contributed by atoms with van der Waals surface area (Å²) in [5.41, 5.74) is 1.33. The first-order chi connectivity index (χ1) is 15.5. The first kappa shape index (κ1) is 24.9. The van der Waals surface area contributed by atoms with E-state index in [9.17, 15) is 10.1 Å². The second-order valence-corrected chi connectivity index (χ2v) is 7.45. The number of halogens is 1. The van der Waals surface area contributed by atoms with E-state index < -0.39 is 5.91 Å². The summed E-state index contributed by atoms with van der Waals surface area (Å²) in [5.74, 6) is 4.14. The minimum atomic E-state index is -0.508. The zero-order valence-corrected chi connectivity index (χ0v) is 20.2. The van der Waals surface area contributed by atoms with Gasteiger partial charge in [-0.25, -0.2) is 0 Å². The number of benzene rings is 2. The van der Waals surface area contributed by atoms with Crippen molar-refractivity contribution in [3.05, 3.63) is 50.6 Å². The Hall–Kier alpha value is -3.37. The van der Waals surface area contributed by atoms with Gasteiger partial charge in [0.15, 0.2) is 11.5 Å². The third kappa shape index (κ3) is 6.56. The molecule has 0 fully saturated rings. The van der Waals surface area contributed by atoms with Gasteiger partial charge in [0.05, 0.1) is 24.4 Å². The van der Waals surface area contributed by atoms with Gasteiger partial charge in [-0.15, -0.1) is 6.42 Å². The van der Waals surface area contributed by atoms with Gasteiger partial charge in [-0.3, -0.25) is 4.79 Å². The van der Waals surface area contributed by atoms with Crippen molar-refractivity contribution < 1.29 is 23.7 Å². The highest BCUT2D eigenvalue weighted by atomic mass is 127. The van der Waals surface area contributed by atoms with Crippen molar-refractivity contribution in [3.63, 3.8) is 0 Å². The van der Waals surface area contributed by atoms with Gasteiger partial charge in [-0.2, -0.15) is 5.26 Å². The van der Waals surface area contributed by atoms with Crippen LogP contribution in [0.1, 0.15) is 18.1 Å². The zero-order valence-electron chi connectivity index (χ0n) is 18.0. The summed E-state index contributed by atoms with van der Waals surface area (Å²) in [4.78, 5) is 12.6. The van der Waals surface area contributed by atoms with E-state index in [0.717, 1.165) is 9.13 Å². The Morgan fingerprint density at radius 3 is 2.59 bits per heavy atom. The lowest BCUT2D eigenvalue weighted by atomic mass is 10.1. The first-order valence-electron chi connectivity index (χ1n) is 9.60. The molecule has 0 radical (unpaired) electrons. The molecule has 0 spiro atoms. The number of rotatable bonds is 10. The van der Waals surface area contributed by atoms with E-state index in [4.69, 9.17) is 25.4 Å². The Kier molecular flexibility index (Phi) is 9.71. The van der Waals surface area contributed by atoms with E-state index in [0.29, 0.717) is 35.2 Å². The number of carbonyl (C=O) groups excluding carboxylic acids is 1. The zero-order chi connectivity index (χ0) is 23.5. The van der Waals surface area contributed by atoms with Crippen molar-refractivity contribution in [2.24, 2.45) is 0 Å². The van der Waals surface area contributed by atoms with Crippen LogP contribution in [-0.2, 0) is 11.3 Å². The molecule has 0 aromatic heterocycles. The van der Waals surface area contributed by atoms with Crippen LogP contribution < -0.4 is 24.3 Å². The lowest BCUT2D eigenvalue weighted by Gasteiger charge is -2.13. The third-order valence-corrected chi connectivity index (χ3v) is 5.04. The van der Waals surface area contributed by atoms with Gasteiger partial charge in [0.2, 0.25) is 0 Å². The van der Waals surface area contributed by atoms with Crippen LogP contribution in [0.25, 0.3) is 6.08 Å². The number of carbonyl (C=O) groups is 1. The largest absolute Gasteiger partial charge is 0.497 e. The SMILES string of the molecule is C#CCOc1c(I)cc(/C=C(\C#N)C(=O)NCc2ccc(OC)cc2OC)cc1OCC. The minimum absolute atomic E-state index is 0.0481. The lowest BCUT2D eigenvalue weighted by Crippen LogP contribution is -2.24. The highest BCUT2D eigenvalue weighted by Gasteiger charge is 2.15. The van der Waals surface area contributed by atoms with E-state index in [1.54, 1.807) is 37.4 Å². The van der Waals surface area contributed by atoms with E-state index in [2.05, 4.69) is 33.8 Å². The van der Waals surface area contributed by atoms with E-state index in [-0.39, 0.29) is 18.7 Å². The Morgan fingerprint density at radius 1 is 1.19 bits per heavy atom. The van der Waals surface area contributed by atoms with Crippen LogP contribution in [0.15, 0.2) is 35.9 Å². The summed E-state index contributed by atoms with van der Waals surface area (Å²) in [6.07, 6.45) is 6.77. The van der Waals surface area contributed by atoms with Crippen LogP contribution in [-0.4, -0.2) is 33.3 Å². The monoisotopic (exact) mass is 546 g/mol. The average Bonchev–Trinajstić information content (AvgIpc) is 2.80. The molecule has 32 heavy (non-hydrogen) atoms. The summed E-state index contributed by atoms with van der Waals surface area (Å²) in [5, 5.41) is 12.3. The van der Waals surface area contributed by atoms with Crippen molar-refractivity contribution in [2.75, 3.05) is 27.4 Å². The van der Waals surface area contributed by atoms with E-state index >= 15 is 0 Å². The summed E-state index contributed by atoms with van der Waals surface area (Å²) < 4.78 is 22.5. The molecule has 166 valence electrons. The molecule has 0 saturated carbocycles. The highest BCUT2D eigenvalue weighted by molar-refractivity contribution is 14.1. The molecule has 2 rings (SSSR count). The lowest BCUT2D eigenvalue weighted by molar-refractivity contribution is -0.117. The van der Waals surface area contributed by atoms with E-state index in [1.807, 2.05) is 13.0 Å². The number of nitrogens with zero attached hydrogens (tertiary/aromatic N) is 1. The number of nitriles is 1. The smallest absolute Gasteiger partial charge is 0.262 e. The predicted molar refractivity (Wildman–Crippen MR) is 130 cm³/mol. The Balaban J connectivity index is 2.24. The van der Waals surface area contributed by atoms with Gasteiger partial charge in [0.25, 0.3) is 5.91 Å². The normalized spacial score (nSPS) is 10.5. The number of methoxy groups -OCH3 is 2.